The predicted octanol–water partition coefficient (Wildman–Crippen LogP) is 4.11. The van der Waals surface area contributed by atoms with Gasteiger partial charge in [-0.25, -0.2) is 29.3 Å². The molecule has 0 saturated carbocycles. The molecule has 0 bridgehead atoms. The molecule has 0 unspecified atom stereocenters. The van der Waals surface area contributed by atoms with E-state index in [1.807, 2.05) is 57.9 Å². The van der Waals surface area contributed by atoms with Crippen LogP contribution in [0.2, 0.25) is 0 Å². The average molecular weight is 603 g/mol. The monoisotopic (exact) mass is 602 g/mol. The Morgan fingerprint density at radius 3 is 1.47 bits per heavy atom. The highest BCUT2D eigenvalue weighted by atomic mass is 16.5. The Morgan fingerprint density at radius 2 is 1.07 bits per heavy atom. The number of rotatable bonds is 6. The van der Waals surface area contributed by atoms with Crippen molar-refractivity contribution in [2.24, 2.45) is 0 Å². The van der Waals surface area contributed by atoms with E-state index in [0.29, 0.717) is 23.1 Å². The van der Waals surface area contributed by atoms with Crippen LogP contribution in [0.3, 0.4) is 0 Å². The first-order chi connectivity index (χ1) is 22.1. The molecule has 0 spiro atoms. The fraction of sp³-hybridized carbons (Fsp3) is 0.312. The quantitative estimate of drug-likeness (QED) is 0.216. The van der Waals surface area contributed by atoms with E-state index in [-0.39, 0.29) is 12.1 Å². The molecule has 228 valence electrons. The second-order valence-electron chi connectivity index (χ2n) is 11.7. The SMILES string of the molecule is Nc1ncnc2c1c(-c1ccc(Oc3ccc(-c4nn([C@@H]5CCCNC5)c5ncnc(N)c45)cc3)cc1)nn2[C@@H]1CCCNC1. The number of nitrogens with zero attached hydrogens (tertiary/aromatic N) is 8. The fourth-order valence-corrected chi connectivity index (χ4v) is 6.49. The summed E-state index contributed by atoms with van der Waals surface area (Å²) in [5, 5.41) is 18.4. The Kier molecular flexibility index (Phi) is 6.95. The molecule has 2 fully saturated rings. The van der Waals surface area contributed by atoms with Gasteiger partial charge in [0.25, 0.3) is 0 Å². The van der Waals surface area contributed by atoms with Gasteiger partial charge < -0.3 is 26.8 Å². The van der Waals surface area contributed by atoms with E-state index in [9.17, 15) is 0 Å². The van der Waals surface area contributed by atoms with Crippen molar-refractivity contribution in [1.82, 2.24) is 50.1 Å². The van der Waals surface area contributed by atoms with E-state index in [1.165, 1.54) is 12.7 Å². The first kappa shape index (κ1) is 27.4. The lowest BCUT2D eigenvalue weighted by Crippen LogP contribution is -2.32. The van der Waals surface area contributed by atoms with E-state index < -0.39 is 0 Å². The lowest BCUT2D eigenvalue weighted by Gasteiger charge is -2.23. The minimum atomic E-state index is 0.217. The van der Waals surface area contributed by atoms with Gasteiger partial charge in [0.05, 0.1) is 22.9 Å². The molecule has 2 aromatic carbocycles. The summed E-state index contributed by atoms with van der Waals surface area (Å²) in [6.07, 6.45) is 7.27. The van der Waals surface area contributed by atoms with Gasteiger partial charge in [0.1, 0.15) is 47.2 Å². The van der Waals surface area contributed by atoms with Crippen molar-refractivity contribution < 1.29 is 4.74 Å². The highest BCUT2D eigenvalue weighted by molar-refractivity contribution is 5.99. The smallest absolute Gasteiger partial charge is 0.164 e. The zero-order valence-corrected chi connectivity index (χ0v) is 24.7. The standard InChI is InChI=1S/C32H34N12O/c33-29-25-27(41-43(31(25)39-17-37-29)21-3-1-13-35-15-21)19-5-9-23(10-6-19)45-24-11-7-20(8-12-24)28-26-30(34)38-18-40-32(26)44(42-28)22-4-2-14-36-16-22/h5-12,17-18,21-22,35-36H,1-4,13-16H2,(H2,33,37,39)(H2,34,38,40)/t21-,22-/m1/s1. The Morgan fingerprint density at radius 1 is 0.622 bits per heavy atom. The molecule has 0 radical (unpaired) electrons. The van der Waals surface area contributed by atoms with Crippen LogP contribution in [0.5, 0.6) is 11.5 Å². The maximum Gasteiger partial charge on any atom is 0.164 e. The third-order valence-corrected chi connectivity index (χ3v) is 8.76. The van der Waals surface area contributed by atoms with Crippen LogP contribution in [0.1, 0.15) is 37.8 Å². The Bertz CT molecular complexity index is 1830. The van der Waals surface area contributed by atoms with Crippen LogP contribution in [0.4, 0.5) is 11.6 Å². The van der Waals surface area contributed by atoms with Crippen molar-refractivity contribution in [3.63, 3.8) is 0 Å². The topological polar surface area (TPSA) is 173 Å². The molecule has 2 aliphatic rings. The van der Waals surface area contributed by atoms with Gasteiger partial charge in [0.2, 0.25) is 0 Å². The third kappa shape index (κ3) is 4.99. The Hall–Kier alpha value is -5.14. The van der Waals surface area contributed by atoms with Crippen molar-refractivity contribution in [3.05, 3.63) is 61.2 Å². The maximum absolute atomic E-state index is 6.33. The molecular weight excluding hydrogens is 568 g/mol. The van der Waals surface area contributed by atoms with Gasteiger partial charge in [-0.15, -0.1) is 0 Å². The van der Waals surface area contributed by atoms with E-state index >= 15 is 0 Å². The van der Waals surface area contributed by atoms with Crippen molar-refractivity contribution in [1.29, 1.82) is 0 Å². The summed E-state index contributed by atoms with van der Waals surface area (Å²) in [5.74, 6) is 2.25. The third-order valence-electron chi connectivity index (χ3n) is 8.76. The summed E-state index contributed by atoms with van der Waals surface area (Å²) in [6.45, 7) is 3.74. The molecule has 13 heteroatoms. The Balaban J connectivity index is 1.05. The van der Waals surface area contributed by atoms with Crippen LogP contribution in [0, 0.1) is 0 Å². The van der Waals surface area contributed by atoms with Gasteiger partial charge >= 0.3 is 0 Å². The lowest BCUT2D eigenvalue weighted by molar-refractivity contribution is 0.354. The first-order valence-electron chi connectivity index (χ1n) is 15.4. The molecule has 0 amide bonds. The number of hydrogen-bond acceptors (Lipinski definition) is 11. The number of nitrogen functional groups attached to an aromatic ring is 2. The van der Waals surface area contributed by atoms with E-state index in [0.717, 1.165) is 96.4 Å². The van der Waals surface area contributed by atoms with Crippen LogP contribution < -0.4 is 26.8 Å². The molecule has 6 aromatic rings. The number of piperidine rings is 2. The summed E-state index contributed by atoms with van der Waals surface area (Å²) < 4.78 is 10.2. The molecule has 0 aliphatic carbocycles. The van der Waals surface area contributed by atoms with Gasteiger partial charge in [-0.2, -0.15) is 10.2 Å². The molecule has 6 N–H and O–H groups in total. The summed E-state index contributed by atoms with van der Waals surface area (Å²) in [7, 11) is 0. The minimum Gasteiger partial charge on any atom is -0.457 e. The summed E-state index contributed by atoms with van der Waals surface area (Å²) in [4.78, 5) is 17.6. The van der Waals surface area contributed by atoms with Gasteiger partial charge in [0, 0.05) is 24.2 Å². The lowest BCUT2D eigenvalue weighted by atomic mass is 10.1. The molecule has 2 saturated heterocycles. The number of hydrogen-bond donors (Lipinski definition) is 4. The molecule has 13 nitrogen and oxygen atoms in total. The van der Waals surface area contributed by atoms with Gasteiger partial charge in [-0.3, -0.25) is 0 Å². The minimum absolute atomic E-state index is 0.217. The largest absolute Gasteiger partial charge is 0.457 e. The highest BCUT2D eigenvalue weighted by Crippen LogP contribution is 2.36. The van der Waals surface area contributed by atoms with E-state index in [1.54, 1.807) is 0 Å². The number of aromatic nitrogens is 8. The molecular formula is C32H34N12O. The van der Waals surface area contributed by atoms with Crippen LogP contribution >= 0.6 is 0 Å². The fourth-order valence-electron chi connectivity index (χ4n) is 6.49. The normalized spacial score (nSPS) is 18.8. The zero-order valence-electron chi connectivity index (χ0n) is 24.7. The first-order valence-corrected chi connectivity index (χ1v) is 15.4. The molecule has 2 aliphatic heterocycles. The summed E-state index contributed by atoms with van der Waals surface area (Å²) in [6, 6.07) is 16.1. The van der Waals surface area contributed by atoms with Gasteiger partial charge in [-0.05, 0) is 87.3 Å². The van der Waals surface area contributed by atoms with Crippen molar-refractivity contribution in [3.8, 4) is 34.0 Å². The number of anilines is 2. The van der Waals surface area contributed by atoms with Crippen molar-refractivity contribution in [2.75, 3.05) is 37.6 Å². The second-order valence-corrected chi connectivity index (χ2v) is 11.7. The molecule has 45 heavy (non-hydrogen) atoms. The second kappa shape index (κ2) is 11.4. The molecule has 8 rings (SSSR count). The van der Waals surface area contributed by atoms with Crippen LogP contribution in [0.15, 0.2) is 61.2 Å². The van der Waals surface area contributed by atoms with Gasteiger partial charge in [-0.1, -0.05) is 0 Å². The highest BCUT2D eigenvalue weighted by Gasteiger charge is 2.25. The van der Waals surface area contributed by atoms with Crippen LogP contribution in [-0.4, -0.2) is 65.7 Å². The van der Waals surface area contributed by atoms with E-state index in [2.05, 4.69) is 30.6 Å². The van der Waals surface area contributed by atoms with Crippen LogP contribution in [0.25, 0.3) is 44.6 Å². The van der Waals surface area contributed by atoms with Crippen LogP contribution in [-0.2, 0) is 0 Å². The van der Waals surface area contributed by atoms with E-state index in [4.69, 9.17) is 26.4 Å². The maximum atomic E-state index is 6.33. The molecule has 6 heterocycles. The summed E-state index contributed by atoms with van der Waals surface area (Å²) >= 11 is 0. The Labute approximate surface area is 259 Å². The number of nitrogens with two attached hydrogens (primary N) is 2. The molecule has 4 aromatic heterocycles. The van der Waals surface area contributed by atoms with Crippen molar-refractivity contribution >= 4 is 33.7 Å². The van der Waals surface area contributed by atoms with Crippen molar-refractivity contribution in [2.45, 2.75) is 37.8 Å². The number of nitrogens with one attached hydrogen (secondary N) is 2. The number of ether oxygens (including phenoxy) is 1. The zero-order chi connectivity index (χ0) is 30.3. The predicted molar refractivity (Wildman–Crippen MR) is 173 cm³/mol. The number of fused-ring (bicyclic) bond motifs is 2. The van der Waals surface area contributed by atoms with Gasteiger partial charge in [0.15, 0.2) is 11.3 Å². The number of benzene rings is 2. The average Bonchev–Trinajstić information content (AvgIpc) is 3.68. The summed E-state index contributed by atoms with van der Waals surface area (Å²) in [5.41, 5.74) is 17.6. The molecule has 2 atom stereocenters.